The number of nitrogens with one attached hydrogen (secondary N) is 3. The SMILES string of the molecule is Cc1cc(NCCc2ccccc2F)nc(NCCc2c[nH]c3ccccc23)n1. The van der Waals surface area contributed by atoms with Crippen molar-refractivity contribution >= 4 is 22.7 Å². The molecule has 0 fully saturated rings. The number of aryl methyl sites for hydroxylation is 1. The van der Waals surface area contributed by atoms with Crippen LogP contribution in [0.15, 0.2) is 60.8 Å². The monoisotopic (exact) mass is 389 g/mol. The summed E-state index contributed by atoms with van der Waals surface area (Å²) < 4.78 is 13.7. The Bertz CT molecular complexity index is 1110. The maximum Gasteiger partial charge on any atom is 0.224 e. The summed E-state index contributed by atoms with van der Waals surface area (Å²) in [5.41, 5.74) is 3.99. The van der Waals surface area contributed by atoms with Crippen molar-refractivity contribution in [1.82, 2.24) is 15.0 Å². The van der Waals surface area contributed by atoms with Gasteiger partial charge >= 0.3 is 0 Å². The minimum Gasteiger partial charge on any atom is -0.370 e. The first-order chi connectivity index (χ1) is 14.2. The summed E-state index contributed by atoms with van der Waals surface area (Å²) in [4.78, 5) is 12.3. The second-order valence-electron chi connectivity index (χ2n) is 7.02. The van der Waals surface area contributed by atoms with Crippen LogP contribution in [-0.4, -0.2) is 28.0 Å². The largest absolute Gasteiger partial charge is 0.370 e. The van der Waals surface area contributed by atoms with Crippen molar-refractivity contribution in [3.05, 3.63) is 83.4 Å². The summed E-state index contributed by atoms with van der Waals surface area (Å²) >= 11 is 0. The molecular weight excluding hydrogens is 365 g/mol. The normalized spacial score (nSPS) is 11.0. The number of benzene rings is 2. The number of halogens is 1. The molecule has 4 aromatic rings. The Morgan fingerprint density at radius 2 is 1.66 bits per heavy atom. The number of rotatable bonds is 8. The van der Waals surface area contributed by atoms with E-state index < -0.39 is 0 Å². The van der Waals surface area contributed by atoms with Crippen LogP contribution < -0.4 is 10.6 Å². The van der Waals surface area contributed by atoms with Gasteiger partial charge in [-0.2, -0.15) is 4.98 Å². The molecule has 29 heavy (non-hydrogen) atoms. The molecule has 0 aliphatic rings. The van der Waals surface area contributed by atoms with Crippen molar-refractivity contribution in [1.29, 1.82) is 0 Å². The number of para-hydroxylation sites is 1. The van der Waals surface area contributed by atoms with Crippen LogP contribution in [0.3, 0.4) is 0 Å². The third kappa shape index (κ3) is 4.71. The summed E-state index contributed by atoms with van der Waals surface area (Å²) in [6.07, 6.45) is 3.52. The summed E-state index contributed by atoms with van der Waals surface area (Å²) in [7, 11) is 0. The summed E-state index contributed by atoms with van der Waals surface area (Å²) in [6, 6.07) is 17.0. The van der Waals surface area contributed by atoms with Crippen molar-refractivity contribution in [3.63, 3.8) is 0 Å². The third-order valence-electron chi connectivity index (χ3n) is 4.86. The molecule has 0 aliphatic heterocycles. The fraction of sp³-hybridized carbons (Fsp3) is 0.217. The molecule has 6 heteroatoms. The van der Waals surface area contributed by atoms with Crippen molar-refractivity contribution in [2.75, 3.05) is 23.7 Å². The van der Waals surface area contributed by atoms with E-state index in [0.717, 1.165) is 30.0 Å². The third-order valence-corrected chi connectivity index (χ3v) is 4.86. The highest BCUT2D eigenvalue weighted by molar-refractivity contribution is 5.83. The van der Waals surface area contributed by atoms with Crippen LogP contribution in [0.25, 0.3) is 10.9 Å². The number of nitrogens with zero attached hydrogens (tertiary/aromatic N) is 2. The van der Waals surface area contributed by atoms with E-state index in [-0.39, 0.29) is 5.82 Å². The zero-order chi connectivity index (χ0) is 20.1. The van der Waals surface area contributed by atoms with E-state index in [0.29, 0.717) is 24.5 Å². The molecule has 2 aromatic carbocycles. The lowest BCUT2D eigenvalue weighted by Crippen LogP contribution is -2.12. The number of hydrogen-bond acceptors (Lipinski definition) is 4. The van der Waals surface area contributed by atoms with Crippen LogP contribution in [0.4, 0.5) is 16.2 Å². The van der Waals surface area contributed by atoms with E-state index in [1.165, 1.54) is 17.0 Å². The maximum absolute atomic E-state index is 13.7. The predicted molar refractivity (Wildman–Crippen MR) is 116 cm³/mol. The zero-order valence-corrected chi connectivity index (χ0v) is 16.4. The molecule has 2 heterocycles. The van der Waals surface area contributed by atoms with Gasteiger partial charge in [-0.1, -0.05) is 36.4 Å². The van der Waals surface area contributed by atoms with E-state index in [9.17, 15) is 4.39 Å². The average molecular weight is 389 g/mol. The number of H-pyrrole nitrogens is 1. The van der Waals surface area contributed by atoms with Gasteiger partial charge in [0, 0.05) is 41.9 Å². The van der Waals surface area contributed by atoms with Crippen LogP contribution in [0.5, 0.6) is 0 Å². The highest BCUT2D eigenvalue weighted by Crippen LogP contribution is 2.18. The first-order valence-electron chi connectivity index (χ1n) is 9.81. The summed E-state index contributed by atoms with van der Waals surface area (Å²) in [6.45, 7) is 3.28. The number of hydrogen-bond donors (Lipinski definition) is 3. The molecule has 5 nitrogen and oxygen atoms in total. The van der Waals surface area contributed by atoms with Crippen molar-refractivity contribution < 1.29 is 4.39 Å². The van der Waals surface area contributed by atoms with Gasteiger partial charge in [-0.3, -0.25) is 0 Å². The zero-order valence-electron chi connectivity index (χ0n) is 16.4. The Morgan fingerprint density at radius 1 is 0.897 bits per heavy atom. The molecule has 148 valence electrons. The van der Waals surface area contributed by atoms with Gasteiger partial charge in [-0.25, -0.2) is 9.37 Å². The molecule has 0 bridgehead atoms. The molecule has 0 amide bonds. The van der Waals surface area contributed by atoms with Gasteiger partial charge in [0.2, 0.25) is 5.95 Å². The Morgan fingerprint density at radius 3 is 2.55 bits per heavy atom. The standard InChI is InChI=1S/C23H24FN5/c1-16-14-22(25-12-10-17-6-2-4-8-20(17)24)29-23(28-16)26-13-11-18-15-27-21-9-5-3-7-19(18)21/h2-9,14-15,27H,10-13H2,1H3,(H2,25,26,28,29). The molecule has 3 N–H and O–H groups in total. The van der Waals surface area contributed by atoms with Gasteiger partial charge in [0.1, 0.15) is 11.6 Å². The van der Waals surface area contributed by atoms with E-state index in [2.05, 4.69) is 50.0 Å². The highest BCUT2D eigenvalue weighted by Gasteiger charge is 2.06. The summed E-state index contributed by atoms with van der Waals surface area (Å²) in [5, 5.41) is 7.82. The smallest absolute Gasteiger partial charge is 0.224 e. The van der Waals surface area contributed by atoms with E-state index in [1.54, 1.807) is 12.1 Å². The van der Waals surface area contributed by atoms with Crippen LogP contribution in [0.2, 0.25) is 0 Å². The topological polar surface area (TPSA) is 65.6 Å². The van der Waals surface area contributed by atoms with Gasteiger partial charge in [-0.15, -0.1) is 0 Å². The lowest BCUT2D eigenvalue weighted by Gasteiger charge is -2.10. The average Bonchev–Trinajstić information content (AvgIpc) is 3.12. The number of aromatic amines is 1. The lowest BCUT2D eigenvalue weighted by molar-refractivity contribution is 0.610. The van der Waals surface area contributed by atoms with Gasteiger partial charge in [0.15, 0.2) is 0 Å². The van der Waals surface area contributed by atoms with Crippen LogP contribution in [-0.2, 0) is 12.8 Å². The maximum atomic E-state index is 13.7. The van der Waals surface area contributed by atoms with Gasteiger partial charge in [0.05, 0.1) is 0 Å². The molecule has 0 saturated carbocycles. The van der Waals surface area contributed by atoms with Crippen molar-refractivity contribution in [3.8, 4) is 0 Å². The first kappa shape index (κ1) is 18.9. The molecular formula is C23H24FN5. The van der Waals surface area contributed by atoms with E-state index >= 15 is 0 Å². The van der Waals surface area contributed by atoms with Gasteiger partial charge in [-0.05, 0) is 43.0 Å². The fourth-order valence-electron chi connectivity index (χ4n) is 3.41. The Kier molecular flexibility index (Phi) is 5.70. The highest BCUT2D eigenvalue weighted by atomic mass is 19.1. The van der Waals surface area contributed by atoms with Crippen LogP contribution >= 0.6 is 0 Å². The van der Waals surface area contributed by atoms with Crippen molar-refractivity contribution in [2.24, 2.45) is 0 Å². The second-order valence-corrected chi connectivity index (χ2v) is 7.02. The van der Waals surface area contributed by atoms with Crippen LogP contribution in [0, 0.1) is 12.7 Å². The minimum absolute atomic E-state index is 0.173. The number of anilines is 2. The lowest BCUT2D eigenvalue weighted by atomic mass is 10.1. The molecule has 0 saturated heterocycles. The Balaban J connectivity index is 1.33. The molecule has 0 spiro atoms. The molecule has 0 radical (unpaired) electrons. The Labute approximate surface area is 169 Å². The first-order valence-corrected chi connectivity index (χ1v) is 9.81. The second kappa shape index (κ2) is 8.73. The Hall–Kier alpha value is -3.41. The predicted octanol–water partition coefficient (Wildman–Crippen LogP) is 4.71. The van der Waals surface area contributed by atoms with Gasteiger partial charge < -0.3 is 15.6 Å². The number of fused-ring (bicyclic) bond motifs is 1. The quantitative estimate of drug-likeness (QED) is 0.408. The van der Waals surface area contributed by atoms with E-state index in [4.69, 9.17) is 0 Å². The summed E-state index contributed by atoms with van der Waals surface area (Å²) in [5.74, 6) is 1.16. The minimum atomic E-state index is -0.173. The van der Waals surface area contributed by atoms with Gasteiger partial charge in [0.25, 0.3) is 0 Å². The fourth-order valence-corrected chi connectivity index (χ4v) is 3.41. The molecule has 0 aliphatic carbocycles. The number of aromatic nitrogens is 3. The molecule has 4 rings (SSSR count). The molecule has 0 unspecified atom stereocenters. The molecule has 0 atom stereocenters. The van der Waals surface area contributed by atoms with Crippen molar-refractivity contribution in [2.45, 2.75) is 19.8 Å². The molecule has 2 aromatic heterocycles. The van der Waals surface area contributed by atoms with Crippen LogP contribution in [0.1, 0.15) is 16.8 Å². The van der Waals surface area contributed by atoms with E-state index in [1.807, 2.05) is 25.1 Å².